The molecule has 0 aromatic rings. The molecule has 0 radical (unpaired) electrons. The number of carboxylic acid groups (broad SMARTS) is 2. The van der Waals surface area contributed by atoms with Crippen LogP contribution in [0.4, 0.5) is 0 Å². The van der Waals surface area contributed by atoms with Crippen LogP contribution in [0.5, 0.6) is 0 Å². The standard InChI is InChI=1S/C18H26O8/c19-15(20)11-5-1-3-7-13(11)17(23)25-9-10-26-18(24)14-8-4-2-6-12(14)16(21)22/h11-14H,1-10H2,(H,19,20)(H,21,22)/t11-,12+,13-,14-/m0/s1. The molecule has 0 aliphatic heterocycles. The van der Waals surface area contributed by atoms with Gasteiger partial charge in [-0.25, -0.2) is 0 Å². The van der Waals surface area contributed by atoms with Crippen molar-refractivity contribution in [2.24, 2.45) is 23.7 Å². The van der Waals surface area contributed by atoms with Gasteiger partial charge in [0, 0.05) is 0 Å². The van der Waals surface area contributed by atoms with E-state index in [2.05, 4.69) is 0 Å². The van der Waals surface area contributed by atoms with Gasteiger partial charge in [-0.1, -0.05) is 25.7 Å². The summed E-state index contributed by atoms with van der Waals surface area (Å²) in [5, 5.41) is 18.4. The molecule has 8 heteroatoms. The van der Waals surface area contributed by atoms with E-state index in [9.17, 15) is 29.4 Å². The summed E-state index contributed by atoms with van der Waals surface area (Å²) in [5.41, 5.74) is 0. The molecule has 2 saturated carbocycles. The van der Waals surface area contributed by atoms with Crippen molar-refractivity contribution in [3.63, 3.8) is 0 Å². The molecule has 0 unspecified atom stereocenters. The third kappa shape index (κ3) is 5.19. The van der Waals surface area contributed by atoms with Crippen LogP contribution in [-0.2, 0) is 28.7 Å². The smallest absolute Gasteiger partial charge is 0.309 e. The molecule has 0 amide bonds. The topological polar surface area (TPSA) is 127 Å². The van der Waals surface area contributed by atoms with E-state index in [4.69, 9.17) is 9.47 Å². The van der Waals surface area contributed by atoms with Gasteiger partial charge in [-0.2, -0.15) is 0 Å². The lowest BCUT2D eigenvalue weighted by Crippen LogP contribution is -2.35. The van der Waals surface area contributed by atoms with Gasteiger partial charge in [0.05, 0.1) is 23.7 Å². The monoisotopic (exact) mass is 370 g/mol. The van der Waals surface area contributed by atoms with E-state index in [0.29, 0.717) is 25.7 Å². The first-order chi connectivity index (χ1) is 12.4. The lowest BCUT2D eigenvalue weighted by Gasteiger charge is -2.27. The molecule has 0 saturated heterocycles. The van der Waals surface area contributed by atoms with E-state index in [-0.39, 0.29) is 13.2 Å². The van der Waals surface area contributed by atoms with E-state index in [0.717, 1.165) is 25.7 Å². The predicted octanol–water partition coefficient (Wildman–Crippen LogP) is 1.85. The Bertz CT molecular complexity index is 495. The Morgan fingerprint density at radius 3 is 1.23 bits per heavy atom. The number of esters is 2. The minimum Gasteiger partial charge on any atom is -0.481 e. The minimum atomic E-state index is -0.991. The van der Waals surface area contributed by atoms with Crippen molar-refractivity contribution >= 4 is 23.9 Å². The number of ether oxygens (including phenoxy) is 2. The van der Waals surface area contributed by atoms with Crippen LogP contribution in [0.3, 0.4) is 0 Å². The average molecular weight is 370 g/mol. The van der Waals surface area contributed by atoms with Crippen LogP contribution in [0, 0.1) is 23.7 Å². The van der Waals surface area contributed by atoms with E-state index in [1.54, 1.807) is 0 Å². The minimum absolute atomic E-state index is 0.155. The molecule has 0 aromatic heterocycles. The van der Waals surface area contributed by atoms with Crippen LogP contribution in [0.2, 0.25) is 0 Å². The van der Waals surface area contributed by atoms with Crippen LogP contribution >= 0.6 is 0 Å². The molecule has 8 nitrogen and oxygen atoms in total. The SMILES string of the molecule is O=C(O)[C@H]1CCCC[C@@H]1C(=O)OCCOC(=O)[C@H]1CCCC[C@H]1C(=O)O. The second-order valence-electron chi connectivity index (χ2n) is 7.01. The molecule has 0 aromatic carbocycles. The molecule has 0 spiro atoms. The number of hydrogen-bond donors (Lipinski definition) is 2. The van der Waals surface area contributed by atoms with Crippen molar-refractivity contribution in [3.05, 3.63) is 0 Å². The van der Waals surface area contributed by atoms with E-state index in [1.165, 1.54) is 0 Å². The zero-order valence-corrected chi connectivity index (χ0v) is 14.7. The van der Waals surface area contributed by atoms with Crippen molar-refractivity contribution in [1.29, 1.82) is 0 Å². The predicted molar refractivity (Wildman–Crippen MR) is 88.1 cm³/mol. The summed E-state index contributed by atoms with van der Waals surface area (Å²) in [6.07, 6.45) is 5.03. The highest BCUT2D eigenvalue weighted by molar-refractivity contribution is 5.82. The molecule has 2 aliphatic carbocycles. The average Bonchev–Trinajstić information content (AvgIpc) is 2.64. The first-order valence-electron chi connectivity index (χ1n) is 9.20. The van der Waals surface area contributed by atoms with Crippen LogP contribution in [0.1, 0.15) is 51.4 Å². The van der Waals surface area contributed by atoms with Gasteiger partial charge in [-0.05, 0) is 25.7 Å². The normalized spacial score (nSPS) is 28.8. The van der Waals surface area contributed by atoms with Gasteiger partial charge in [0.1, 0.15) is 13.2 Å². The van der Waals surface area contributed by atoms with E-state index in [1.807, 2.05) is 0 Å². The van der Waals surface area contributed by atoms with Crippen molar-refractivity contribution in [1.82, 2.24) is 0 Å². The van der Waals surface area contributed by atoms with Crippen LogP contribution in [0.25, 0.3) is 0 Å². The fourth-order valence-electron chi connectivity index (χ4n) is 3.92. The molecule has 0 bridgehead atoms. The second-order valence-corrected chi connectivity index (χ2v) is 7.01. The van der Waals surface area contributed by atoms with Crippen LogP contribution in [0.15, 0.2) is 0 Å². The summed E-state index contributed by atoms with van der Waals surface area (Å²) >= 11 is 0. The quantitative estimate of drug-likeness (QED) is 0.513. The van der Waals surface area contributed by atoms with E-state index >= 15 is 0 Å². The molecule has 2 N–H and O–H groups in total. The number of carbonyl (C=O) groups excluding carboxylic acids is 2. The maximum atomic E-state index is 12.1. The third-order valence-corrected chi connectivity index (χ3v) is 5.34. The van der Waals surface area contributed by atoms with Crippen molar-refractivity contribution < 1.29 is 38.9 Å². The van der Waals surface area contributed by atoms with Crippen LogP contribution < -0.4 is 0 Å². The number of carboxylic acids is 2. The van der Waals surface area contributed by atoms with Crippen molar-refractivity contribution in [3.8, 4) is 0 Å². The summed E-state index contributed by atoms with van der Waals surface area (Å²) in [7, 11) is 0. The van der Waals surface area contributed by atoms with Gasteiger partial charge >= 0.3 is 23.9 Å². The van der Waals surface area contributed by atoms with Gasteiger partial charge in [0.15, 0.2) is 0 Å². The third-order valence-electron chi connectivity index (χ3n) is 5.34. The van der Waals surface area contributed by atoms with Gasteiger partial charge in [-0.15, -0.1) is 0 Å². The van der Waals surface area contributed by atoms with Gasteiger partial charge in [-0.3, -0.25) is 19.2 Å². The number of rotatable bonds is 7. The van der Waals surface area contributed by atoms with Gasteiger partial charge in [0.25, 0.3) is 0 Å². The fourth-order valence-corrected chi connectivity index (χ4v) is 3.92. The summed E-state index contributed by atoms with van der Waals surface area (Å²) in [5.74, 6) is -5.90. The Balaban J connectivity index is 1.75. The lowest BCUT2D eigenvalue weighted by atomic mass is 9.79. The highest BCUT2D eigenvalue weighted by atomic mass is 16.6. The highest BCUT2D eigenvalue weighted by Crippen LogP contribution is 2.32. The van der Waals surface area contributed by atoms with Crippen molar-refractivity contribution in [2.45, 2.75) is 51.4 Å². The van der Waals surface area contributed by atoms with Gasteiger partial charge < -0.3 is 19.7 Å². The first kappa shape index (κ1) is 20.2. The Morgan fingerprint density at radius 2 is 0.923 bits per heavy atom. The number of aliphatic carboxylic acids is 2. The Hall–Kier alpha value is -2.12. The Morgan fingerprint density at radius 1 is 0.615 bits per heavy atom. The summed E-state index contributed by atoms with van der Waals surface area (Å²) < 4.78 is 10.2. The summed E-state index contributed by atoms with van der Waals surface area (Å²) in [6, 6.07) is 0. The molecular formula is C18H26O8. The summed E-state index contributed by atoms with van der Waals surface area (Å²) in [4.78, 5) is 46.6. The zero-order valence-electron chi connectivity index (χ0n) is 14.7. The maximum Gasteiger partial charge on any atom is 0.309 e. The lowest BCUT2D eigenvalue weighted by molar-refractivity contribution is -0.165. The number of hydrogen-bond acceptors (Lipinski definition) is 6. The summed E-state index contributed by atoms with van der Waals surface area (Å²) in [6.45, 7) is -0.310. The zero-order chi connectivity index (χ0) is 19.1. The van der Waals surface area contributed by atoms with Gasteiger partial charge in [0.2, 0.25) is 0 Å². The molecule has 26 heavy (non-hydrogen) atoms. The molecule has 2 fully saturated rings. The Kier molecular flexibility index (Phi) is 7.41. The molecule has 2 aliphatic rings. The van der Waals surface area contributed by atoms with Crippen molar-refractivity contribution in [2.75, 3.05) is 13.2 Å². The largest absolute Gasteiger partial charge is 0.481 e. The molecule has 146 valence electrons. The Labute approximate surface area is 151 Å². The molecule has 4 atom stereocenters. The second kappa shape index (κ2) is 9.54. The molecule has 2 rings (SSSR count). The van der Waals surface area contributed by atoms with Crippen LogP contribution in [-0.4, -0.2) is 47.3 Å². The molecular weight excluding hydrogens is 344 g/mol. The highest BCUT2D eigenvalue weighted by Gasteiger charge is 2.38. The maximum absolute atomic E-state index is 12.1. The van der Waals surface area contributed by atoms with E-state index < -0.39 is 47.5 Å². The molecule has 0 heterocycles. The first-order valence-corrected chi connectivity index (χ1v) is 9.20. The fraction of sp³-hybridized carbons (Fsp3) is 0.778. The number of carbonyl (C=O) groups is 4.